The number of carbonyl (C=O) groups is 4. The van der Waals surface area contributed by atoms with Gasteiger partial charge in [-0.1, -0.05) is 24.6 Å². The first-order chi connectivity index (χ1) is 31.4. The molecule has 3 fully saturated rings. The number of ketones is 1. The molecule has 5 heterocycles. The van der Waals surface area contributed by atoms with Crippen molar-refractivity contribution in [2.24, 2.45) is 0 Å². The molecule has 2 aromatic heterocycles. The average Bonchev–Trinajstić information content (AvgIpc) is 3.72. The normalized spacial score (nSPS) is 17.9. The fourth-order valence-electron chi connectivity index (χ4n) is 8.47. The number of fused-ring (bicyclic) bond motifs is 1. The molecule has 3 amide bonds. The van der Waals surface area contributed by atoms with Crippen LogP contribution in [0.3, 0.4) is 0 Å². The molecule has 3 aromatic carbocycles. The summed E-state index contributed by atoms with van der Waals surface area (Å²) in [6.45, 7) is 4.04. The molecule has 1 unspecified atom stereocenters. The van der Waals surface area contributed by atoms with Gasteiger partial charge in [-0.3, -0.25) is 29.2 Å². The van der Waals surface area contributed by atoms with Gasteiger partial charge in [-0.2, -0.15) is 12.7 Å². The molecule has 3 aliphatic rings. The Morgan fingerprint density at radius 3 is 2.33 bits per heavy atom. The van der Waals surface area contributed by atoms with Crippen molar-refractivity contribution in [2.75, 3.05) is 72.7 Å². The van der Waals surface area contributed by atoms with Crippen molar-refractivity contribution in [1.29, 1.82) is 0 Å². The number of nitrogens with zero attached hydrogens (tertiary/aromatic N) is 5. The minimum atomic E-state index is -4.17. The number of aliphatic hydroxyl groups is 1. The highest BCUT2D eigenvalue weighted by molar-refractivity contribution is 7.90. The van der Waals surface area contributed by atoms with E-state index >= 15 is 13.2 Å². The molecule has 3 aliphatic heterocycles. The molecular formula is C45H47ClF3N9O7S. The second-order valence-corrected chi connectivity index (χ2v) is 18.9. The van der Waals surface area contributed by atoms with Gasteiger partial charge in [0.2, 0.25) is 23.5 Å². The number of rotatable bonds is 13. The van der Waals surface area contributed by atoms with Crippen LogP contribution in [-0.4, -0.2) is 121 Å². The number of H-pyrrole nitrogens is 1. The van der Waals surface area contributed by atoms with Crippen molar-refractivity contribution < 1.29 is 45.9 Å². The van der Waals surface area contributed by atoms with Gasteiger partial charge in [0.15, 0.2) is 5.82 Å². The van der Waals surface area contributed by atoms with E-state index in [1.54, 1.807) is 42.3 Å². The fourth-order valence-corrected chi connectivity index (χ4v) is 9.70. The van der Waals surface area contributed by atoms with Gasteiger partial charge < -0.3 is 30.1 Å². The summed E-state index contributed by atoms with van der Waals surface area (Å²) in [4.78, 5) is 63.6. The zero-order valence-electron chi connectivity index (χ0n) is 36.0. The van der Waals surface area contributed by atoms with Crippen LogP contribution in [0.5, 0.6) is 0 Å². The largest absolute Gasteiger partial charge is 0.389 e. The van der Waals surface area contributed by atoms with E-state index in [-0.39, 0.29) is 60.6 Å². The van der Waals surface area contributed by atoms with Crippen molar-refractivity contribution in [1.82, 2.24) is 24.5 Å². The first-order valence-electron chi connectivity index (χ1n) is 21.4. The number of benzene rings is 3. The van der Waals surface area contributed by atoms with Crippen molar-refractivity contribution in [2.45, 2.75) is 50.7 Å². The van der Waals surface area contributed by atoms with Crippen molar-refractivity contribution in [3.05, 3.63) is 101 Å². The van der Waals surface area contributed by atoms with E-state index in [0.29, 0.717) is 73.2 Å². The number of anilines is 4. The van der Waals surface area contributed by atoms with Gasteiger partial charge in [-0.25, -0.2) is 18.2 Å². The molecule has 21 heteroatoms. The lowest BCUT2D eigenvalue weighted by molar-refractivity contribution is -0.138. The minimum absolute atomic E-state index is 0.0743. The molecular weight excluding hydrogens is 903 g/mol. The minimum Gasteiger partial charge on any atom is -0.389 e. The molecule has 0 bridgehead atoms. The molecule has 66 heavy (non-hydrogen) atoms. The lowest BCUT2D eigenvalue weighted by atomic mass is 9.87. The SMILES string of the molecule is CCN(C)S(=O)(=O)Nc1ccc(F)c(C(=O)c2c[nH]c3ncc(-c4ccc(N5CCN(C(=O)CC6(O)CCN(c7ccc(NC8CCC(=O)NC8=O)cc7F)CC6)CC5)c(Cl)c4)cc23)c1F. The molecule has 5 aromatic rings. The number of imide groups is 1. The van der Waals surface area contributed by atoms with Gasteiger partial charge in [0.05, 0.1) is 39.7 Å². The van der Waals surface area contributed by atoms with Crippen molar-refractivity contribution in [3.63, 3.8) is 0 Å². The average molecular weight is 950 g/mol. The van der Waals surface area contributed by atoms with Gasteiger partial charge in [0, 0.05) is 93.9 Å². The zero-order chi connectivity index (χ0) is 47.1. The molecule has 5 N–H and O–H groups in total. The Morgan fingerprint density at radius 1 is 0.939 bits per heavy atom. The quantitative estimate of drug-likeness (QED) is 0.0746. The summed E-state index contributed by atoms with van der Waals surface area (Å²) in [6.07, 6.45) is 3.79. The summed E-state index contributed by atoms with van der Waals surface area (Å²) in [5.74, 6) is -5.03. The first kappa shape index (κ1) is 46.3. The zero-order valence-corrected chi connectivity index (χ0v) is 37.5. The van der Waals surface area contributed by atoms with E-state index < -0.39 is 62.2 Å². The Balaban J connectivity index is 0.868. The van der Waals surface area contributed by atoms with Crippen LogP contribution in [0.2, 0.25) is 5.02 Å². The first-order valence-corrected chi connectivity index (χ1v) is 23.2. The number of hydrogen-bond donors (Lipinski definition) is 5. The van der Waals surface area contributed by atoms with Crippen LogP contribution in [0.25, 0.3) is 22.2 Å². The molecule has 3 saturated heterocycles. The van der Waals surface area contributed by atoms with E-state index in [1.165, 1.54) is 19.3 Å². The summed E-state index contributed by atoms with van der Waals surface area (Å²) in [6, 6.07) is 12.7. The van der Waals surface area contributed by atoms with Gasteiger partial charge in [0.25, 0.3) is 0 Å². The number of piperazine rings is 1. The number of aromatic nitrogens is 2. The van der Waals surface area contributed by atoms with Crippen LogP contribution in [-0.2, 0) is 24.6 Å². The summed E-state index contributed by atoms with van der Waals surface area (Å²) < 4.78 is 74.1. The fraction of sp³-hybridized carbons (Fsp3) is 0.356. The Labute approximate surface area is 383 Å². The Morgan fingerprint density at radius 2 is 1.65 bits per heavy atom. The number of carbonyl (C=O) groups excluding carboxylic acids is 4. The maximum absolute atomic E-state index is 15.7. The van der Waals surface area contributed by atoms with E-state index in [2.05, 4.69) is 25.3 Å². The number of aromatic amines is 1. The number of nitrogens with one attached hydrogen (secondary N) is 4. The van der Waals surface area contributed by atoms with Gasteiger partial charge in [0.1, 0.15) is 23.3 Å². The molecule has 0 spiro atoms. The molecule has 1 atom stereocenters. The van der Waals surface area contributed by atoms with Crippen LogP contribution in [0, 0.1) is 17.5 Å². The summed E-state index contributed by atoms with van der Waals surface area (Å²) in [7, 11) is -2.89. The van der Waals surface area contributed by atoms with Gasteiger partial charge >= 0.3 is 10.2 Å². The standard InChI is InChI=1S/C45H47ClF3N9O7S/c1-3-55(2)66(64,65)54-34-7-6-32(47)40(41(34)49)42(61)30-25-51-43-29(30)20-27(24-50-43)26-4-9-36(31(46)21-26)57-16-18-58(19-17-57)39(60)23-45(63)12-14-56(15-13-45)37-10-5-28(22-33(37)48)52-35-8-11-38(59)53-44(35)62/h4-7,9-10,20-22,24-25,35,52,54,63H,3,8,11-19,23H2,1-2H3,(H,50,51)(H,53,59,62). The Bertz CT molecular complexity index is 2850. The van der Waals surface area contributed by atoms with Gasteiger partial charge in [-0.15, -0.1) is 0 Å². The van der Waals surface area contributed by atoms with Crippen LogP contribution in [0.4, 0.5) is 35.9 Å². The molecule has 16 nitrogen and oxygen atoms in total. The number of pyridine rings is 1. The van der Waals surface area contributed by atoms with Crippen LogP contribution < -0.4 is 25.2 Å². The number of halogens is 4. The smallest absolute Gasteiger partial charge is 0.301 e. The number of piperidine rings is 2. The van der Waals surface area contributed by atoms with Crippen LogP contribution >= 0.6 is 11.6 Å². The molecule has 0 aliphatic carbocycles. The third-order valence-electron chi connectivity index (χ3n) is 12.5. The lowest BCUT2D eigenvalue weighted by Gasteiger charge is -2.41. The third-order valence-corrected chi connectivity index (χ3v) is 14.3. The second kappa shape index (κ2) is 18.6. The summed E-state index contributed by atoms with van der Waals surface area (Å²) in [5.41, 5.74) is 0.0822. The van der Waals surface area contributed by atoms with Crippen LogP contribution in [0.1, 0.15) is 54.9 Å². The Hall–Kier alpha value is -6.22. The number of amides is 3. The van der Waals surface area contributed by atoms with Gasteiger partial charge in [-0.05, 0) is 73.4 Å². The summed E-state index contributed by atoms with van der Waals surface area (Å²) in [5, 5.41) is 17.4. The highest BCUT2D eigenvalue weighted by atomic mass is 35.5. The van der Waals surface area contributed by atoms with Crippen molar-refractivity contribution in [3.8, 4) is 11.1 Å². The second-order valence-electron chi connectivity index (χ2n) is 16.7. The number of hydrogen-bond acceptors (Lipinski definition) is 11. The lowest BCUT2D eigenvalue weighted by Crippen LogP contribution is -2.52. The maximum atomic E-state index is 15.7. The predicted molar refractivity (Wildman–Crippen MR) is 243 cm³/mol. The van der Waals surface area contributed by atoms with E-state index in [1.807, 2.05) is 21.9 Å². The van der Waals surface area contributed by atoms with E-state index in [4.69, 9.17) is 11.6 Å². The molecule has 0 radical (unpaired) electrons. The van der Waals surface area contributed by atoms with Crippen molar-refractivity contribution >= 4 is 79.1 Å². The highest BCUT2D eigenvalue weighted by Gasteiger charge is 2.37. The summed E-state index contributed by atoms with van der Waals surface area (Å²) >= 11 is 6.84. The van der Waals surface area contributed by atoms with Crippen LogP contribution in [0.15, 0.2) is 67.0 Å². The molecule has 8 rings (SSSR count). The maximum Gasteiger partial charge on any atom is 0.301 e. The molecule has 0 saturated carbocycles. The predicted octanol–water partition coefficient (Wildman–Crippen LogP) is 5.43. The third kappa shape index (κ3) is 9.53. The highest BCUT2D eigenvalue weighted by Crippen LogP contribution is 2.36. The Kier molecular flexibility index (Phi) is 13.0. The van der Waals surface area contributed by atoms with E-state index in [0.717, 1.165) is 22.1 Å². The molecule has 348 valence electrons. The van der Waals surface area contributed by atoms with E-state index in [9.17, 15) is 32.7 Å². The topological polar surface area (TPSA) is 200 Å². The monoisotopic (exact) mass is 949 g/mol.